The van der Waals surface area contributed by atoms with Gasteiger partial charge in [0.15, 0.2) is 0 Å². The van der Waals surface area contributed by atoms with Crippen LogP contribution in [-0.4, -0.2) is 38.5 Å². The number of hydrogen-bond acceptors (Lipinski definition) is 5. The maximum atomic E-state index is 11.2. The Balaban J connectivity index is 2.70. The first kappa shape index (κ1) is 13.6. The van der Waals surface area contributed by atoms with Crippen LogP contribution in [0.15, 0.2) is 0 Å². The van der Waals surface area contributed by atoms with E-state index in [1.807, 2.05) is 13.8 Å². The summed E-state index contributed by atoms with van der Waals surface area (Å²) >= 11 is 1.64. The van der Waals surface area contributed by atoms with E-state index in [0.717, 1.165) is 10.7 Å². The Morgan fingerprint density at radius 3 is 2.44 bits per heavy atom. The van der Waals surface area contributed by atoms with Crippen molar-refractivity contribution < 1.29 is 8.42 Å². The number of sulfone groups is 1. The molecule has 0 aromatic carbocycles. The predicted octanol–water partition coefficient (Wildman–Crippen LogP) is 0.935. The summed E-state index contributed by atoms with van der Waals surface area (Å²) in [5, 5.41) is 4.02. The van der Waals surface area contributed by atoms with Gasteiger partial charge in [-0.05, 0) is 20.9 Å². The minimum Gasteiger partial charge on any atom is -0.316 e. The van der Waals surface area contributed by atoms with Crippen LogP contribution in [0, 0.1) is 13.8 Å². The fourth-order valence-corrected chi connectivity index (χ4v) is 3.48. The van der Waals surface area contributed by atoms with Gasteiger partial charge < -0.3 is 5.32 Å². The lowest BCUT2D eigenvalue weighted by molar-refractivity contribution is 0.566. The summed E-state index contributed by atoms with van der Waals surface area (Å²) in [6.45, 7) is 4.00. The number of aromatic nitrogens is 1. The molecule has 0 aliphatic heterocycles. The number of rotatable bonds is 5. The lowest BCUT2D eigenvalue weighted by Crippen LogP contribution is -2.34. The lowest BCUT2D eigenvalue weighted by atomic mass is 10.2. The molecule has 1 aromatic rings. The molecule has 92 valence electrons. The van der Waals surface area contributed by atoms with Gasteiger partial charge in [-0.3, -0.25) is 0 Å². The summed E-state index contributed by atoms with van der Waals surface area (Å²) in [6.07, 6.45) is 1.93. The van der Waals surface area contributed by atoms with Crippen LogP contribution in [0.4, 0.5) is 0 Å². The predicted molar refractivity (Wildman–Crippen MR) is 67.9 cm³/mol. The average molecular weight is 262 g/mol. The van der Waals surface area contributed by atoms with Crippen LogP contribution in [0.1, 0.15) is 15.6 Å². The van der Waals surface area contributed by atoms with Crippen molar-refractivity contribution in [2.75, 3.05) is 19.1 Å². The van der Waals surface area contributed by atoms with E-state index in [1.54, 1.807) is 18.4 Å². The van der Waals surface area contributed by atoms with Gasteiger partial charge in [-0.1, -0.05) is 0 Å². The number of nitrogens with zero attached hydrogens (tertiary/aromatic N) is 1. The number of nitrogens with one attached hydrogen (secondary N) is 1. The zero-order valence-corrected chi connectivity index (χ0v) is 11.7. The number of hydrogen-bond donors (Lipinski definition) is 1. The molecule has 16 heavy (non-hydrogen) atoms. The second kappa shape index (κ2) is 5.25. The summed E-state index contributed by atoms with van der Waals surface area (Å²) in [5.74, 6) is 0.154. The normalized spacial score (nSPS) is 14.0. The van der Waals surface area contributed by atoms with Crippen molar-refractivity contribution >= 4 is 21.2 Å². The molecular weight excluding hydrogens is 244 g/mol. The standard InChI is InChI=1S/C10H18N2O2S2/c1-7-8(2)15-10(12-7)5-9(11-3)6-16(4,13)14/h9,11H,5-6H2,1-4H3. The number of likely N-dealkylation sites (N-methyl/N-ethyl adjacent to an activating group) is 1. The highest BCUT2D eigenvalue weighted by Gasteiger charge is 2.16. The molecule has 1 unspecified atom stereocenters. The average Bonchev–Trinajstić information content (AvgIpc) is 2.42. The van der Waals surface area contributed by atoms with Crippen molar-refractivity contribution in [1.29, 1.82) is 0 Å². The highest BCUT2D eigenvalue weighted by molar-refractivity contribution is 7.90. The van der Waals surface area contributed by atoms with Gasteiger partial charge in [-0.25, -0.2) is 13.4 Å². The number of thiazole rings is 1. The second-order valence-corrected chi connectivity index (χ2v) is 7.50. The highest BCUT2D eigenvalue weighted by atomic mass is 32.2. The Morgan fingerprint density at radius 1 is 1.44 bits per heavy atom. The van der Waals surface area contributed by atoms with Gasteiger partial charge in [0.2, 0.25) is 0 Å². The van der Waals surface area contributed by atoms with Crippen molar-refractivity contribution in [3.63, 3.8) is 0 Å². The molecule has 0 radical (unpaired) electrons. The Labute approximate surface area is 101 Å². The molecule has 0 spiro atoms. The van der Waals surface area contributed by atoms with E-state index in [4.69, 9.17) is 0 Å². The summed E-state index contributed by atoms with van der Waals surface area (Å²) in [6, 6.07) is -0.0556. The SMILES string of the molecule is CNC(Cc1nc(C)c(C)s1)CS(C)(=O)=O. The molecule has 1 N–H and O–H groups in total. The van der Waals surface area contributed by atoms with Gasteiger partial charge in [-0.15, -0.1) is 11.3 Å². The molecule has 4 nitrogen and oxygen atoms in total. The van der Waals surface area contributed by atoms with Crippen LogP contribution in [-0.2, 0) is 16.3 Å². The van der Waals surface area contributed by atoms with E-state index in [2.05, 4.69) is 10.3 Å². The molecule has 0 aliphatic carbocycles. The van der Waals surface area contributed by atoms with Gasteiger partial charge >= 0.3 is 0 Å². The first-order valence-corrected chi connectivity index (χ1v) is 7.97. The molecule has 1 aromatic heterocycles. The first-order valence-electron chi connectivity index (χ1n) is 5.09. The van der Waals surface area contributed by atoms with Gasteiger partial charge in [0, 0.05) is 23.6 Å². The summed E-state index contributed by atoms with van der Waals surface area (Å²) in [7, 11) is -1.16. The van der Waals surface area contributed by atoms with Crippen molar-refractivity contribution in [2.45, 2.75) is 26.3 Å². The second-order valence-electron chi connectivity index (χ2n) is 4.03. The Kier molecular flexibility index (Phi) is 4.46. The van der Waals surface area contributed by atoms with Crippen LogP contribution in [0.3, 0.4) is 0 Å². The van der Waals surface area contributed by atoms with Gasteiger partial charge in [0.1, 0.15) is 9.84 Å². The molecule has 0 bridgehead atoms. The third-order valence-electron chi connectivity index (χ3n) is 2.41. The van der Waals surface area contributed by atoms with Crippen LogP contribution in [0.5, 0.6) is 0 Å². The van der Waals surface area contributed by atoms with E-state index in [1.165, 1.54) is 11.1 Å². The molecule has 0 saturated heterocycles. The molecule has 0 fully saturated rings. The Bertz CT molecular complexity index is 432. The van der Waals surface area contributed by atoms with Crippen molar-refractivity contribution in [1.82, 2.24) is 10.3 Å². The van der Waals surface area contributed by atoms with E-state index >= 15 is 0 Å². The van der Waals surface area contributed by atoms with E-state index in [9.17, 15) is 8.42 Å². The van der Waals surface area contributed by atoms with E-state index < -0.39 is 9.84 Å². The van der Waals surface area contributed by atoms with Crippen LogP contribution < -0.4 is 5.32 Å². The third kappa shape index (κ3) is 4.19. The maximum Gasteiger partial charge on any atom is 0.148 e. The van der Waals surface area contributed by atoms with Crippen LogP contribution in [0.2, 0.25) is 0 Å². The Morgan fingerprint density at radius 2 is 2.06 bits per heavy atom. The van der Waals surface area contributed by atoms with Gasteiger partial charge in [0.25, 0.3) is 0 Å². The molecule has 0 aliphatic rings. The molecule has 6 heteroatoms. The molecule has 1 heterocycles. The summed E-state index contributed by atoms with van der Waals surface area (Å²) in [5.41, 5.74) is 1.04. The maximum absolute atomic E-state index is 11.2. The van der Waals surface area contributed by atoms with Gasteiger partial charge in [-0.2, -0.15) is 0 Å². The fraction of sp³-hybridized carbons (Fsp3) is 0.700. The molecule has 1 atom stereocenters. The molecule has 0 amide bonds. The van der Waals surface area contributed by atoms with E-state index in [0.29, 0.717) is 6.42 Å². The van der Waals surface area contributed by atoms with Crippen LogP contribution in [0.25, 0.3) is 0 Å². The third-order valence-corrected chi connectivity index (χ3v) is 4.51. The largest absolute Gasteiger partial charge is 0.316 e. The van der Waals surface area contributed by atoms with Gasteiger partial charge in [0.05, 0.1) is 16.5 Å². The zero-order chi connectivity index (χ0) is 12.3. The monoisotopic (exact) mass is 262 g/mol. The van der Waals surface area contributed by atoms with Crippen molar-refractivity contribution in [2.24, 2.45) is 0 Å². The molecule has 0 saturated carbocycles. The number of aryl methyl sites for hydroxylation is 2. The minimum absolute atomic E-state index is 0.0556. The van der Waals surface area contributed by atoms with Crippen molar-refractivity contribution in [3.05, 3.63) is 15.6 Å². The quantitative estimate of drug-likeness (QED) is 0.858. The molecular formula is C10H18N2O2S2. The lowest BCUT2D eigenvalue weighted by Gasteiger charge is -2.12. The van der Waals surface area contributed by atoms with E-state index in [-0.39, 0.29) is 11.8 Å². The fourth-order valence-electron chi connectivity index (χ4n) is 1.45. The zero-order valence-electron chi connectivity index (χ0n) is 10.1. The minimum atomic E-state index is -2.94. The van der Waals surface area contributed by atoms with Crippen LogP contribution >= 0.6 is 11.3 Å². The smallest absolute Gasteiger partial charge is 0.148 e. The summed E-state index contributed by atoms with van der Waals surface area (Å²) in [4.78, 5) is 5.61. The topological polar surface area (TPSA) is 59.1 Å². The van der Waals surface area contributed by atoms with Crippen molar-refractivity contribution in [3.8, 4) is 0 Å². The highest BCUT2D eigenvalue weighted by Crippen LogP contribution is 2.18. The first-order chi connectivity index (χ1) is 7.31. The molecule has 1 rings (SSSR count). The summed E-state index contributed by atoms with van der Waals surface area (Å²) < 4.78 is 22.4. The Hall–Kier alpha value is -0.460.